The van der Waals surface area contributed by atoms with Crippen LogP contribution in [0.25, 0.3) is 10.9 Å². The summed E-state index contributed by atoms with van der Waals surface area (Å²) in [4.78, 5) is 83.2. The molecule has 0 aliphatic carbocycles. The predicted octanol–water partition coefficient (Wildman–Crippen LogP) is 6.19. The van der Waals surface area contributed by atoms with Crippen LogP contribution in [0.1, 0.15) is 86.4 Å². The van der Waals surface area contributed by atoms with Crippen molar-refractivity contribution in [2.24, 2.45) is 21.1 Å². The van der Waals surface area contributed by atoms with Crippen LogP contribution in [0, 0.1) is 6.92 Å². The summed E-state index contributed by atoms with van der Waals surface area (Å²) >= 11 is 3.58. The van der Waals surface area contributed by atoms with Crippen LogP contribution in [0.3, 0.4) is 0 Å². The summed E-state index contributed by atoms with van der Waals surface area (Å²) in [5.74, 6) is -1.95. The van der Waals surface area contributed by atoms with Gasteiger partial charge in [-0.3, -0.25) is 24.5 Å². The molecule has 0 saturated carbocycles. The standard InChI is InChI=1S/C39H43BrN8O9/c1-19-30(37(53)55-9)32-31-23(14-40)17-48(25(31)13-27(33(32)41-19)56-20(2)49)36(52)26-10-21(15-45(26)6)34(50)43-28-11-22(16-46(28)7)35(51)44-29-12-24(18-47(29)8)42-38(54)57-39(3,4)5/h10-13,15-16,18,23,41H,14,17H2,1-9H3,(H,42,54)(H,43,50)(H,44,51)/t23-/m1/s1. The molecular formula is C39H43BrN8O9. The first kappa shape index (κ1) is 40.4. The Morgan fingerprint density at radius 1 is 0.877 bits per heavy atom. The summed E-state index contributed by atoms with van der Waals surface area (Å²) in [6.45, 7) is 8.47. The molecule has 1 aromatic carbocycles. The largest absolute Gasteiger partial charge is 0.465 e. The molecule has 0 bridgehead atoms. The van der Waals surface area contributed by atoms with E-state index in [9.17, 15) is 28.8 Å². The van der Waals surface area contributed by atoms with Gasteiger partial charge in [0.1, 0.15) is 22.9 Å². The molecule has 5 heterocycles. The van der Waals surface area contributed by atoms with E-state index in [-0.39, 0.29) is 40.6 Å². The maximum atomic E-state index is 14.3. The van der Waals surface area contributed by atoms with Crippen molar-refractivity contribution in [3.05, 3.63) is 76.5 Å². The molecule has 17 nitrogen and oxygen atoms in total. The van der Waals surface area contributed by atoms with Gasteiger partial charge in [0, 0.05) is 87.7 Å². The van der Waals surface area contributed by atoms with Gasteiger partial charge in [-0.1, -0.05) is 15.9 Å². The summed E-state index contributed by atoms with van der Waals surface area (Å²) in [5.41, 5.74) is 2.76. The molecule has 0 saturated heterocycles. The summed E-state index contributed by atoms with van der Waals surface area (Å²) < 4.78 is 20.7. The second kappa shape index (κ2) is 15.3. The number of benzene rings is 1. The zero-order valence-corrected chi connectivity index (χ0v) is 34.5. The Morgan fingerprint density at radius 2 is 1.49 bits per heavy atom. The Morgan fingerprint density at radius 3 is 2.11 bits per heavy atom. The van der Waals surface area contributed by atoms with Crippen LogP contribution in [0.4, 0.5) is 27.8 Å². The number of H-pyrrole nitrogens is 1. The van der Waals surface area contributed by atoms with E-state index in [0.717, 1.165) is 0 Å². The molecule has 1 atom stereocenters. The van der Waals surface area contributed by atoms with Crippen molar-refractivity contribution in [2.75, 3.05) is 39.8 Å². The fourth-order valence-corrected chi connectivity index (χ4v) is 7.38. The number of nitrogens with zero attached hydrogens (tertiary/aromatic N) is 4. The zero-order chi connectivity index (χ0) is 41.7. The van der Waals surface area contributed by atoms with Crippen molar-refractivity contribution in [1.82, 2.24) is 18.7 Å². The van der Waals surface area contributed by atoms with Crippen LogP contribution >= 0.6 is 15.9 Å². The lowest BCUT2D eigenvalue weighted by Gasteiger charge is -2.19. The second-order valence-electron chi connectivity index (χ2n) is 14.7. The lowest BCUT2D eigenvalue weighted by Crippen LogP contribution is -2.31. The van der Waals surface area contributed by atoms with Gasteiger partial charge in [-0.25, -0.2) is 9.59 Å². The third-order valence-corrected chi connectivity index (χ3v) is 10.1. The number of alkyl halides is 1. The first-order chi connectivity index (χ1) is 26.8. The topological polar surface area (TPSA) is 200 Å². The number of aryl methyl sites for hydroxylation is 4. The summed E-state index contributed by atoms with van der Waals surface area (Å²) in [6, 6.07) is 6.18. The van der Waals surface area contributed by atoms with Crippen LogP contribution in [0.5, 0.6) is 5.75 Å². The lowest BCUT2D eigenvalue weighted by atomic mass is 9.95. The van der Waals surface area contributed by atoms with Crippen molar-refractivity contribution in [3.8, 4) is 5.75 Å². The number of aromatic nitrogens is 4. The van der Waals surface area contributed by atoms with E-state index in [1.165, 1.54) is 32.4 Å². The minimum Gasteiger partial charge on any atom is -0.465 e. The Bertz CT molecular complexity index is 2480. The second-order valence-corrected chi connectivity index (χ2v) is 15.4. The number of carbonyl (C=O) groups excluding carboxylic acids is 6. The molecule has 4 amide bonds. The van der Waals surface area contributed by atoms with Crippen molar-refractivity contribution >= 4 is 85.6 Å². The van der Waals surface area contributed by atoms with E-state index in [0.29, 0.717) is 50.5 Å². The fraction of sp³-hybridized carbons (Fsp3) is 0.333. The normalized spacial score (nSPS) is 13.6. The molecular weight excluding hydrogens is 804 g/mol. The molecule has 18 heteroatoms. The van der Waals surface area contributed by atoms with E-state index >= 15 is 0 Å². The number of ether oxygens (including phenoxy) is 3. The highest BCUT2D eigenvalue weighted by molar-refractivity contribution is 9.09. The van der Waals surface area contributed by atoms with Crippen LogP contribution in [-0.4, -0.2) is 79.0 Å². The molecule has 1 aliphatic heterocycles. The van der Waals surface area contributed by atoms with Crippen molar-refractivity contribution in [3.63, 3.8) is 0 Å². The first-order valence-electron chi connectivity index (χ1n) is 17.8. The van der Waals surface area contributed by atoms with Crippen molar-refractivity contribution in [2.45, 2.75) is 46.1 Å². The molecule has 57 heavy (non-hydrogen) atoms. The number of aromatic amines is 1. The van der Waals surface area contributed by atoms with Crippen LogP contribution in [0.15, 0.2) is 42.9 Å². The number of hydrogen-bond acceptors (Lipinski definition) is 9. The van der Waals surface area contributed by atoms with Gasteiger partial charge in [-0.05, 0) is 45.4 Å². The fourth-order valence-electron chi connectivity index (χ4n) is 6.85. The molecule has 0 radical (unpaired) electrons. The molecule has 6 rings (SSSR count). The van der Waals surface area contributed by atoms with Gasteiger partial charge in [0.05, 0.1) is 40.7 Å². The van der Waals surface area contributed by atoms with Crippen LogP contribution in [-0.2, 0) is 35.4 Å². The third kappa shape index (κ3) is 8.03. The molecule has 300 valence electrons. The van der Waals surface area contributed by atoms with Gasteiger partial charge in [-0.15, -0.1) is 0 Å². The average molecular weight is 848 g/mol. The van der Waals surface area contributed by atoms with Gasteiger partial charge in [-0.2, -0.15) is 0 Å². The van der Waals surface area contributed by atoms with Crippen molar-refractivity contribution in [1.29, 1.82) is 0 Å². The third-order valence-electron chi connectivity index (χ3n) is 9.31. The van der Waals surface area contributed by atoms with Gasteiger partial charge in [0.25, 0.3) is 17.7 Å². The average Bonchev–Trinajstić information content (AvgIpc) is 3.93. The number of amides is 4. The Kier molecular flexibility index (Phi) is 10.9. The zero-order valence-electron chi connectivity index (χ0n) is 32.9. The Balaban J connectivity index is 1.22. The summed E-state index contributed by atoms with van der Waals surface area (Å²) in [5, 5.41) is 9.20. The Hall–Kier alpha value is -6.30. The van der Waals surface area contributed by atoms with Gasteiger partial charge in [0.15, 0.2) is 5.75 Å². The highest BCUT2D eigenvalue weighted by Gasteiger charge is 2.39. The quantitative estimate of drug-likeness (QED) is 0.0758. The number of methoxy groups -OCH3 is 1. The maximum absolute atomic E-state index is 14.3. The molecule has 0 fully saturated rings. The first-order valence-corrected chi connectivity index (χ1v) is 18.9. The molecule has 4 aromatic heterocycles. The molecule has 0 unspecified atom stereocenters. The number of hydrogen-bond donors (Lipinski definition) is 4. The predicted molar refractivity (Wildman–Crippen MR) is 216 cm³/mol. The number of halogens is 1. The lowest BCUT2D eigenvalue weighted by molar-refractivity contribution is -0.131. The number of carbonyl (C=O) groups is 6. The highest BCUT2D eigenvalue weighted by atomic mass is 79.9. The number of rotatable bonds is 9. The number of esters is 2. The minimum absolute atomic E-state index is 0.147. The van der Waals surface area contributed by atoms with E-state index in [2.05, 4.69) is 36.9 Å². The smallest absolute Gasteiger partial charge is 0.412 e. The monoisotopic (exact) mass is 846 g/mol. The Labute approximate surface area is 335 Å². The summed E-state index contributed by atoms with van der Waals surface area (Å²) in [7, 11) is 6.30. The highest BCUT2D eigenvalue weighted by Crippen LogP contribution is 2.48. The molecule has 4 N–H and O–H groups in total. The van der Waals surface area contributed by atoms with E-state index in [1.54, 1.807) is 92.0 Å². The molecule has 1 aliphatic rings. The minimum atomic E-state index is -0.678. The molecule has 0 spiro atoms. The van der Waals surface area contributed by atoms with E-state index in [1.807, 2.05) is 0 Å². The van der Waals surface area contributed by atoms with Gasteiger partial charge >= 0.3 is 18.0 Å². The molecule has 5 aromatic rings. The van der Waals surface area contributed by atoms with E-state index < -0.39 is 41.4 Å². The van der Waals surface area contributed by atoms with Gasteiger partial charge in [0.2, 0.25) is 0 Å². The van der Waals surface area contributed by atoms with Gasteiger partial charge < -0.3 is 48.4 Å². The van der Waals surface area contributed by atoms with Crippen LogP contribution < -0.4 is 25.6 Å². The maximum Gasteiger partial charge on any atom is 0.412 e. The summed E-state index contributed by atoms with van der Waals surface area (Å²) in [6.07, 6.45) is 4.07. The van der Waals surface area contributed by atoms with E-state index in [4.69, 9.17) is 14.2 Å². The SMILES string of the molecule is COC(=O)c1c(C)[nH]c2c(OC(C)=O)cc3c(c12)[C@H](CBr)CN3C(=O)c1cc(C(=O)Nc2cc(C(=O)Nc3cc(NC(=O)OC(C)(C)C)cn3C)cn2C)cn1C. The number of nitrogens with one attached hydrogen (secondary N) is 4. The van der Waals surface area contributed by atoms with Crippen LogP contribution in [0.2, 0.25) is 0 Å². The number of anilines is 4. The number of fused-ring (bicyclic) bond motifs is 3. The van der Waals surface area contributed by atoms with Crippen molar-refractivity contribution < 1.29 is 43.0 Å².